The van der Waals surface area contributed by atoms with Crippen molar-refractivity contribution in [1.29, 1.82) is 0 Å². The minimum Gasteiger partial charge on any atom is -0.459 e. The first-order valence-corrected chi connectivity index (χ1v) is 7.12. The summed E-state index contributed by atoms with van der Waals surface area (Å²) in [6.45, 7) is 9.91. The van der Waals surface area contributed by atoms with Gasteiger partial charge in [0.15, 0.2) is 0 Å². The van der Waals surface area contributed by atoms with E-state index in [4.69, 9.17) is 4.74 Å². The van der Waals surface area contributed by atoms with Gasteiger partial charge in [0.25, 0.3) is 0 Å². The van der Waals surface area contributed by atoms with Crippen LogP contribution >= 0.6 is 0 Å². The van der Waals surface area contributed by atoms with Gasteiger partial charge in [-0.1, -0.05) is 13.3 Å². The number of carbonyl (C=O) groups is 1. The topological polar surface area (TPSA) is 50.4 Å². The van der Waals surface area contributed by atoms with Crippen LogP contribution in [0, 0.1) is 0 Å². The molecule has 1 unspecified atom stereocenters. The molecule has 0 aromatic carbocycles. The molecule has 0 amide bonds. The Morgan fingerprint density at radius 3 is 2.50 bits per heavy atom. The first kappa shape index (κ1) is 15.4. The summed E-state index contributed by atoms with van der Waals surface area (Å²) in [5.74, 6) is -0.108. The van der Waals surface area contributed by atoms with Crippen molar-refractivity contribution in [3.05, 3.63) is 0 Å². The standard InChI is InChI=1S/C14H28N2O2/c1-5-6-12(13(17)18-14(2,3)4)16-11-7-9-15-10-8-11/h11-12,15-16H,5-10H2,1-4H3. The van der Waals surface area contributed by atoms with E-state index in [-0.39, 0.29) is 12.0 Å². The van der Waals surface area contributed by atoms with E-state index in [2.05, 4.69) is 17.6 Å². The normalized spacial score (nSPS) is 19.6. The zero-order valence-electron chi connectivity index (χ0n) is 12.2. The molecule has 1 aliphatic rings. The summed E-state index contributed by atoms with van der Waals surface area (Å²) in [5.41, 5.74) is -0.404. The van der Waals surface area contributed by atoms with Crippen molar-refractivity contribution in [1.82, 2.24) is 10.6 Å². The molecule has 1 fully saturated rings. The molecule has 0 aromatic heterocycles. The van der Waals surface area contributed by atoms with Crippen LogP contribution < -0.4 is 10.6 Å². The van der Waals surface area contributed by atoms with Gasteiger partial charge in [0.1, 0.15) is 11.6 Å². The number of hydrogen-bond donors (Lipinski definition) is 2. The van der Waals surface area contributed by atoms with Crippen molar-refractivity contribution in [2.24, 2.45) is 0 Å². The number of piperidine rings is 1. The van der Waals surface area contributed by atoms with Crippen LogP contribution in [0.4, 0.5) is 0 Å². The maximum Gasteiger partial charge on any atom is 0.323 e. The van der Waals surface area contributed by atoms with Gasteiger partial charge in [0, 0.05) is 6.04 Å². The Morgan fingerprint density at radius 1 is 1.39 bits per heavy atom. The third kappa shape index (κ3) is 5.83. The second-order valence-electron chi connectivity index (χ2n) is 6.07. The lowest BCUT2D eigenvalue weighted by Gasteiger charge is -2.30. The van der Waals surface area contributed by atoms with E-state index in [1.54, 1.807) is 0 Å². The molecule has 0 aliphatic carbocycles. The molecule has 2 N–H and O–H groups in total. The molecule has 1 aliphatic heterocycles. The summed E-state index contributed by atoms with van der Waals surface area (Å²) in [5, 5.41) is 6.80. The Bertz CT molecular complexity index is 255. The molecule has 18 heavy (non-hydrogen) atoms. The quantitative estimate of drug-likeness (QED) is 0.737. The van der Waals surface area contributed by atoms with Gasteiger partial charge in [-0.2, -0.15) is 0 Å². The van der Waals surface area contributed by atoms with E-state index in [0.717, 1.165) is 38.8 Å². The summed E-state index contributed by atoms with van der Waals surface area (Å²) in [6, 6.07) is 0.285. The fourth-order valence-electron chi connectivity index (χ4n) is 2.20. The molecule has 0 radical (unpaired) electrons. The average molecular weight is 256 g/mol. The van der Waals surface area contributed by atoms with E-state index < -0.39 is 5.60 Å². The van der Waals surface area contributed by atoms with E-state index in [9.17, 15) is 4.79 Å². The fourth-order valence-corrected chi connectivity index (χ4v) is 2.20. The van der Waals surface area contributed by atoms with Crippen LogP contribution in [-0.2, 0) is 9.53 Å². The van der Waals surface area contributed by atoms with Crippen LogP contribution in [0.5, 0.6) is 0 Å². The monoisotopic (exact) mass is 256 g/mol. The van der Waals surface area contributed by atoms with Gasteiger partial charge in [0.2, 0.25) is 0 Å². The molecule has 0 aromatic rings. The highest BCUT2D eigenvalue weighted by Crippen LogP contribution is 2.12. The minimum atomic E-state index is -0.404. The lowest BCUT2D eigenvalue weighted by Crippen LogP contribution is -2.49. The number of hydrogen-bond acceptors (Lipinski definition) is 4. The van der Waals surface area contributed by atoms with Crippen molar-refractivity contribution in [2.75, 3.05) is 13.1 Å². The predicted molar refractivity (Wildman–Crippen MR) is 73.6 cm³/mol. The lowest BCUT2D eigenvalue weighted by atomic mass is 10.0. The first-order chi connectivity index (χ1) is 8.42. The van der Waals surface area contributed by atoms with Crippen LogP contribution in [0.1, 0.15) is 53.4 Å². The van der Waals surface area contributed by atoms with Gasteiger partial charge in [-0.15, -0.1) is 0 Å². The molecule has 1 rings (SSSR count). The highest BCUT2D eigenvalue weighted by Gasteiger charge is 2.27. The van der Waals surface area contributed by atoms with Crippen molar-refractivity contribution < 1.29 is 9.53 Å². The predicted octanol–water partition coefficient (Wildman–Crippen LogP) is 1.84. The van der Waals surface area contributed by atoms with E-state index in [0.29, 0.717) is 6.04 Å². The van der Waals surface area contributed by atoms with Crippen LogP contribution in [0.25, 0.3) is 0 Å². The third-order valence-corrected chi connectivity index (χ3v) is 3.04. The van der Waals surface area contributed by atoms with Gasteiger partial charge < -0.3 is 15.4 Å². The van der Waals surface area contributed by atoms with Crippen LogP contribution in [0.15, 0.2) is 0 Å². The van der Waals surface area contributed by atoms with Crippen molar-refractivity contribution in [3.63, 3.8) is 0 Å². The third-order valence-electron chi connectivity index (χ3n) is 3.04. The second kappa shape index (κ2) is 7.10. The van der Waals surface area contributed by atoms with Crippen molar-refractivity contribution >= 4 is 5.97 Å². The van der Waals surface area contributed by atoms with E-state index >= 15 is 0 Å². The summed E-state index contributed by atoms with van der Waals surface area (Å²) < 4.78 is 5.48. The zero-order chi connectivity index (χ0) is 13.6. The van der Waals surface area contributed by atoms with Gasteiger partial charge in [-0.25, -0.2) is 0 Å². The van der Waals surface area contributed by atoms with Gasteiger partial charge in [-0.3, -0.25) is 4.79 Å². The van der Waals surface area contributed by atoms with Crippen LogP contribution in [0.2, 0.25) is 0 Å². The second-order valence-corrected chi connectivity index (χ2v) is 6.07. The summed E-state index contributed by atoms with van der Waals surface area (Å²) in [6.07, 6.45) is 4.01. The van der Waals surface area contributed by atoms with Crippen molar-refractivity contribution in [2.45, 2.75) is 71.1 Å². The Kier molecular flexibility index (Phi) is 6.09. The SMILES string of the molecule is CCCC(NC1CCNCC1)C(=O)OC(C)(C)C. The number of ether oxygens (including phenoxy) is 1. The zero-order valence-corrected chi connectivity index (χ0v) is 12.2. The Hall–Kier alpha value is -0.610. The smallest absolute Gasteiger partial charge is 0.323 e. The molecule has 1 atom stereocenters. The van der Waals surface area contributed by atoms with E-state index in [1.807, 2.05) is 20.8 Å². The lowest BCUT2D eigenvalue weighted by molar-refractivity contribution is -0.158. The minimum absolute atomic E-state index is 0.108. The molecular formula is C14H28N2O2. The number of rotatable bonds is 5. The highest BCUT2D eigenvalue weighted by atomic mass is 16.6. The first-order valence-electron chi connectivity index (χ1n) is 7.12. The van der Waals surface area contributed by atoms with Gasteiger partial charge >= 0.3 is 5.97 Å². The number of esters is 1. The van der Waals surface area contributed by atoms with Crippen molar-refractivity contribution in [3.8, 4) is 0 Å². The summed E-state index contributed by atoms with van der Waals surface area (Å²) in [4.78, 5) is 12.1. The average Bonchev–Trinajstić information content (AvgIpc) is 2.27. The summed E-state index contributed by atoms with van der Waals surface area (Å²) >= 11 is 0. The van der Waals surface area contributed by atoms with E-state index in [1.165, 1.54) is 0 Å². The molecule has 106 valence electrons. The van der Waals surface area contributed by atoms with Crippen LogP contribution in [-0.4, -0.2) is 36.7 Å². The molecule has 4 heteroatoms. The molecule has 4 nitrogen and oxygen atoms in total. The van der Waals surface area contributed by atoms with Crippen LogP contribution in [0.3, 0.4) is 0 Å². The maximum atomic E-state index is 12.1. The number of carbonyl (C=O) groups excluding carboxylic acids is 1. The largest absolute Gasteiger partial charge is 0.459 e. The molecular weight excluding hydrogens is 228 g/mol. The summed E-state index contributed by atoms with van der Waals surface area (Å²) in [7, 11) is 0. The fraction of sp³-hybridized carbons (Fsp3) is 0.929. The Labute approximate surface area is 111 Å². The molecule has 0 bridgehead atoms. The highest BCUT2D eigenvalue weighted by molar-refractivity contribution is 5.76. The maximum absolute atomic E-state index is 12.1. The molecule has 1 saturated heterocycles. The van der Waals surface area contributed by atoms with Gasteiger partial charge in [-0.05, 0) is 53.1 Å². The molecule has 1 heterocycles. The molecule has 0 spiro atoms. The number of nitrogens with one attached hydrogen (secondary N) is 2. The molecule has 0 saturated carbocycles. The Balaban J connectivity index is 2.49. The Morgan fingerprint density at radius 2 is 2.00 bits per heavy atom. The van der Waals surface area contributed by atoms with Gasteiger partial charge in [0.05, 0.1) is 0 Å².